The Morgan fingerprint density at radius 3 is 2.72 bits per heavy atom. The van der Waals surface area contributed by atoms with E-state index in [1.807, 2.05) is 73.8 Å². The number of aromatic amines is 1. The molecule has 0 aliphatic rings. The van der Waals surface area contributed by atoms with Gasteiger partial charge in [-0.3, -0.25) is 4.79 Å². The van der Waals surface area contributed by atoms with Gasteiger partial charge in [0.05, 0.1) is 17.5 Å². The number of nitrogens with one attached hydrogen (secondary N) is 3. The van der Waals surface area contributed by atoms with Crippen molar-refractivity contribution in [1.82, 2.24) is 20.3 Å². The Kier molecular flexibility index (Phi) is 7.67. The Morgan fingerprint density at radius 1 is 1.10 bits per heavy atom. The number of hydrogen-bond acceptors (Lipinski definition) is 8. The van der Waals surface area contributed by atoms with E-state index in [4.69, 9.17) is 4.74 Å². The predicted octanol–water partition coefficient (Wildman–Crippen LogP) is 6.13. The molecule has 0 saturated carbocycles. The second-order valence-corrected chi connectivity index (χ2v) is 11.6. The van der Waals surface area contributed by atoms with Crippen molar-refractivity contribution in [3.05, 3.63) is 95.9 Å². The van der Waals surface area contributed by atoms with E-state index < -0.39 is 11.5 Å². The van der Waals surface area contributed by atoms with Crippen LogP contribution >= 0.6 is 23.1 Å². The third kappa shape index (κ3) is 5.97. The molecule has 0 bridgehead atoms. The van der Waals surface area contributed by atoms with Crippen LogP contribution in [0.2, 0.25) is 0 Å². The highest BCUT2D eigenvalue weighted by atomic mass is 32.2. The lowest BCUT2D eigenvalue weighted by atomic mass is 9.91. The molecule has 3 N–H and O–H groups in total. The average Bonchev–Trinajstić information content (AvgIpc) is 3.56. The van der Waals surface area contributed by atoms with Crippen LogP contribution in [0, 0.1) is 6.92 Å². The number of methoxy groups -OCH3 is 1. The second-order valence-electron chi connectivity index (χ2n) is 9.22. The number of ether oxygens (including phenoxy) is 1. The molecule has 39 heavy (non-hydrogen) atoms. The molecule has 2 aromatic carbocycles. The van der Waals surface area contributed by atoms with E-state index in [0.717, 1.165) is 42.1 Å². The normalized spacial score (nSPS) is 12.6. The molecule has 5 rings (SSSR count). The van der Waals surface area contributed by atoms with E-state index in [0.29, 0.717) is 5.56 Å². The van der Waals surface area contributed by atoms with Gasteiger partial charge in [0.25, 0.3) is 5.91 Å². The summed E-state index contributed by atoms with van der Waals surface area (Å²) < 4.78 is 6.07. The molecule has 0 spiro atoms. The van der Waals surface area contributed by atoms with E-state index >= 15 is 0 Å². The predicted molar refractivity (Wildman–Crippen MR) is 155 cm³/mol. The van der Waals surface area contributed by atoms with Gasteiger partial charge < -0.3 is 20.4 Å². The Morgan fingerprint density at radius 2 is 1.92 bits per heavy atom. The molecule has 0 radical (unpaired) electrons. The molecular weight excluding hydrogens is 530 g/mol. The van der Waals surface area contributed by atoms with E-state index in [1.54, 1.807) is 19.3 Å². The molecule has 1 atom stereocenters. The van der Waals surface area contributed by atoms with Crippen LogP contribution in [-0.2, 0) is 16.0 Å². The number of nitrogens with zero attached hydrogens (tertiary/aromatic N) is 2. The van der Waals surface area contributed by atoms with Gasteiger partial charge in [-0.05, 0) is 55.3 Å². The number of fused-ring (bicyclic) bond motifs is 1. The Hall–Kier alpha value is -4.15. The van der Waals surface area contributed by atoms with Crippen LogP contribution in [0.25, 0.3) is 10.9 Å². The molecule has 8 nitrogen and oxygen atoms in total. The summed E-state index contributed by atoms with van der Waals surface area (Å²) in [5.41, 5.74) is 1.91. The van der Waals surface area contributed by atoms with Gasteiger partial charge in [0.15, 0.2) is 5.13 Å². The van der Waals surface area contributed by atoms with Crippen LogP contribution in [0.15, 0.2) is 88.4 Å². The zero-order valence-corrected chi connectivity index (χ0v) is 23.3. The summed E-state index contributed by atoms with van der Waals surface area (Å²) >= 11 is 3.01. The number of esters is 1. The van der Waals surface area contributed by atoms with Gasteiger partial charge in [0.1, 0.15) is 11.4 Å². The lowest BCUT2D eigenvalue weighted by molar-refractivity contribution is -0.147. The smallest absolute Gasteiger partial charge is 0.331 e. The van der Waals surface area contributed by atoms with Crippen LogP contribution < -0.4 is 10.6 Å². The lowest BCUT2D eigenvalue weighted by Gasteiger charge is -2.28. The van der Waals surface area contributed by atoms with E-state index in [2.05, 4.69) is 25.6 Å². The first kappa shape index (κ1) is 26.5. The number of aryl methyl sites for hydroxylation is 1. The van der Waals surface area contributed by atoms with Crippen molar-refractivity contribution in [1.29, 1.82) is 0 Å². The maximum atomic E-state index is 13.5. The first-order chi connectivity index (χ1) is 18.8. The summed E-state index contributed by atoms with van der Waals surface area (Å²) in [5.74, 6) is -0.134. The van der Waals surface area contributed by atoms with Crippen molar-refractivity contribution >= 4 is 56.8 Å². The van der Waals surface area contributed by atoms with Crippen molar-refractivity contribution in [2.24, 2.45) is 0 Å². The summed E-state index contributed by atoms with van der Waals surface area (Å²) in [6.45, 7) is 3.57. The number of benzene rings is 2. The molecule has 10 heteroatoms. The Balaban J connectivity index is 1.34. The molecule has 0 aliphatic carbocycles. The maximum Gasteiger partial charge on any atom is 0.331 e. The molecule has 1 amide bonds. The molecule has 1 unspecified atom stereocenters. The first-order valence-electron chi connectivity index (χ1n) is 12.2. The topological polar surface area (TPSA) is 109 Å². The third-order valence-corrected chi connectivity index (χ3v) is 8.30. The number of aromatic nitrogens is 3. The number of rotatable bonds is 9. The SMILES string of the molecule is COC(=O)C(C)(Cc1c[nH]c2ccccc12)NC(=O)c1cc(Sc2cnc(Nc3ccccn3)s2)ccc1C. The number of para-hydroxylation sites is 1. The van der Waals surface area contributed by atoms with E-state index in [9.17, 15) is 9.59 Å². The number of thiazole rings is 1. The molecule has 198 valence electrons. The standard InChI is InChI=1S/C29H27N5O3S2/c1-18-11-12-20(38-25-17-32-28(39-25)33-24-10-6-7-13-30-24)14-22(18)26(35)34-29(2,27(36)37-3)15-19-16-31-23-9-5-4-8-21(19)23/h4-14,16-17,31H,15H2,1-3H3,(H,34,35)(H,30,32,33). The van der Waals surface area contributed by atoms with Gasteiger partial charge in [0, 0.05) is 40.2 Å². The van der Waals surface area contributed by atoms with Gasteiger partial charge >= 0.3 is 5.97 Å². The molecule has 0 aliphatic heterocycles. The summed E-state index contributed by atoms with van der Waals surface area (Å²) in [6, 6.07) is 19.2. The van der Waals surface area contributed by atoms with E-state index in [1.165, 1.54) is 30.2 Å². The Labute approximate surface area is 234 Å². The van der Waals surface area contributed by atoms with Crippen LogP contribution in [0.5, 0.6) is 0 Å². The fourth-order valence-electron chi connectivity index (χ4n) is 4.31. The van der Waals surface area contributed by atoms with Crippen LogP contribution in [0.4, 0.5) is 10.9 Å². The number of anilines is 2. The number of pyridine rings is 1. The average molecular weight is 558 g/mol. The fourth-order valence-corrected chi connectivity index (χ4v) is 6.20. The largest absolute Gasteiger partial charge is 0.467 e. The summed E-state index contributed by atoms with van der Waals surface area (Å²) in [6.07, 6.45) is 5.65. The molecular formula is C29H27N5O3S2. The summed E-state index contributed by atoms with van der Waals surface area (Å²) in [7, 11) is 1.33. The second kappa shape index (κ2) is 11.3. The number of carbonyl (C=O) groups is 2. The minimum Gasteiger partial charge on any atom is -0.467 e. The highest BCUT2D eigenvalue weighted by Gasteiger charge is 2.37. The van der Waals surface area contributed by atoms with Crippen LogP contribution in [0.3, 0.4) is 0 Å². The van der Waals surface area contributed by atoms with Crippen LogP contribution in [-0.4, -0.2) is 39.5 Å². The van der Waals surface area contributed by atoms with Gasteiger partial charge in [0.2, 0.25) is 0 Å². The number of amides is 1. The summed E-state index contributed by atoms with van der Waals surface area (Å²) in [4.78, 5) is 39.3. The maximum absolute atomic E-state index is 13.5. The van der Waals surface area contributed by atoms with Crippen molar-refractivity contribution in [3.63, 3.8) is 0 Å². The molecule has 3 aromatic heterocycles. The quantitative estimate of drug-likeness (QED) is 0.187. The fraction of sp³-hybridized carbons (Fsp3) is 0.172. The molecule has 3 heterocycles. The third-order valence-electron chi connectivity index (χ3n) is 6.30. The minimum atomic E-state index is -1.27. The minimum absolute atomic E-state index is 0.274. The van der Waals surface area contributed by atoms with Crippen molar-refractivity contribution in [2.45, 2.75) is 34.9 Å². The van der Waals surface area contributed by atoms with E-state index in [-0.39, 0.29) is 12.3 Å². The van der Waals surface area contributed by atoms with Gasteiger partial charge in [-0.2, -0.15) is 0 Å². The zero-order valence-electron chi connectivity index (χ0n) is 21.6. The van der Waals surface area contributed by atoms with Crippen LogP contribution in [0.1, 0.15) is 28.4 Å². The number of H-pyrrole nitrogens is 1. The molecule has 5 aromatic rings. The monoisotopic (exact) mass is 557 g/mol. The van der Waals surface area contributed by atoms with Gasteiger partial charge in [-0.25, -0.2) is 14.8 Å². The first-order valence-corrected chi connectivity index (χ1v) is 13.9. The number of hydrogen-bond donors (Lipinski definition) is 3. The zero-order chi connectivity index (χ0) is 27.4. The van der Waals surface area contributed by atoms with Crippen molar-refractivity contribution < 1.29 is 14.3 Å². The highest BCUT2D eigenvalue weighted by molar-refractivity contribution is 8.01. The lowest BCUT2D eigenvalue weighted by Crippen LogP contribution is -2.54. The number of carbonyl (C=O) groups excluding carboxylic acids is 2. The van der Waals surface area contributed by atoms with Gasteiger partial charge in [-0.15, -0.1) is 0 Å². The summed E-state index contributed by atoms with van der Waals surface area (Å²) in [5, 5.41) is 7.88. The molecule has 0 saturated heterocycles. The van der Waals surface area contributed by atoms with Gasteiger partial charge in [-0.1, -0.05) is 53.4 Å². The Bertz CT molecular complexity index is 1630. The molecule has 0 fully saturated rings. The van der Waals surface area contributed by atoms with Crippen molar-refractivity contribution in [2.75, 3.05) is 12.4 Å². The highest BCUT2D eigenvalue weighted by Crippen LogP contribution is 2.35. The van der Waals surface area contributed by atoms with Crippen molar-refractivity contribution in [3.8, 4) is 0 Å².